The molecule has 0 saturated carbocycles. The van der Waals surface area contributed by atoms with Crippen LogP contribution in [-0.2, 0) is 11.2 Å². The van der Waals surface area contributed by atoms with Gasteiger partial charge in [0, 0.05) is 6.20 Å². The number of aromatic nitrogens is 1. The van der Waals surface area contributed by atoms with Crippen molar-refractivity contribution in [2.75, 3.05) is 11.3 Å². The molecule has 1 amide bonds. The van der Waals surface area contributed by atoms with Crippen LogP contribution in [-0.4, -0.2) is 38.2 Å². The van der Waals surface area contributed by atoms with Gasteiger partial charge in [0.2, 0.25) is 11.2 Å². The normalized spacial score (nSPS) is 15.9. The first-order valence-corrected chi connectivity index (χ1v) is 9.12. The first kappa shape index (κ1) is 18.6. The Balaban J connectivity index is 1.73. The molecule has 10 heteroatoms. The fourth-order valence-corrected chi connectivity index (χ4v) is 3.17. The second kappa shape index (κ2) is 7.23. The molecule has 3 rings (SSSR count). The summed E-state index contributed by atoms with van der Waals surface area (Å²) in [6, 6.07) is 6.60. The Labute approximate surface area is 158 Å². The van der Waals surface area contributed by atoms with Gasteiger partial charge in [-0.05, 0) is 32.0 Å². The Morgan fingerprint density at radius 1 is 1.41 bits per heavy atom. The highest BCUT2D eigenvalue weighted by atomic mass is 32.2. The molecule has 0 spiro atoms. The lowest BCUT2D eigenvalue weighted by Crippen LogP contribution is -2.48. The third-order valence-corrected chi connectivity index (χ3v) is 4.50. The molecule has 2 heterocycles. The summed E-state index contributed by atoms with van der Waals surface area (Å²) in [6.45, 7) is 3.68. The van der Waals surface area contributed by atoms with Crippen molar-refractivity contribution in [2.24, 2.45) is 10.1 Å². The quantitative estimate of drug-likeness (QED) is 0.604. The van der Waals surface area contributed by atoms with E-state index in [9.17, 15) is 14.1 Å². The van der Waals surface area contributed by atoms with E-state index in [1.165, 1.54) is 18.5 Å². The summed E-state index contributed by atoms with van der Waals surface area (Å²) in [6.07, 6.45) is 2.63. The van der Waals surface area contributed by atoms with Crippen LogP contribution in [0.2, 0.25) is 0 Å². The minimum Gasteiger partial charge on any atom is -0.505 e. The molecule has 2 aromatic rings. The highest BCUT2D eigenvalue weighted by Gasteiger charge is 2.26. The highest BCUT2D eigenvalue weighted by molar-refractivity contribution is 7.85. The largest absolute Gasteiger partial charge is 0.505 e. The number of nitrogens with zero attached hydrogens (tertiary/aromatic N) is 2. The van der Waals surface area contributed by atoms with Crippen LogP contribution in [0.3, 0.4) is 0 Å². The van der Waals surface area contributed by atoms with Gasteiger partial charge in [0.05, 0.1) is 28.6 Å². The number of ether oxygens (including phenoxy) is 1. The lowest BCUT2D eigenvalue weighted by Gasteiger charge is -2.27. The maximum Gasteiger partial charge on any atom is 0.255 e. The summed E-state index contributed by atoms with van der Waals surface area (Å²) in [4.78, 5) is 16.1. The van der Waals surface area contributed by atoms with Gasteiger partial charge in [-0.15, -0.1) is 0 Å². The van der Waals surface area contributed by atoms with Crippen molar-refractivity contribution < 1.29 is 18.8 Å². The van der Waals surface area contributed by atoms with E-state index >= 15 is 0 Å². The zero-order chi connectivity index (χ0) is 19.6. The van der Waals surface area contributed by atoms with Gasteiger partial charge < -0.3 is 20.9 Å². The minimum absolute atomic E-state index is 0.112. The molecule has 9 nitrogen and oxygen atoms in total. The third kappa shape index (κ3) is 4.17. The van der Waals surface area contributed by atoms with Crippen molar-refractivity contribution in [3.8, 4) is 11.5 Å². The van der Waals surface area contributed by atoms with Gasteiger partial charge in [0.1, 0.15) is 23.9 Å². The molecule has 27 heavy (non-hydrogen) atoms. The molecule has 1 aromatic carbocycles. The molecular weight excluding hydrogens is 370 g/mol. The molecule has 0 bridgehead atoms. The van der Waals surface area contributed by atoms with E-state index in [0.29, 0.717) is 17.0 Å². The summed E-state index contributed by atoms with van der Waals surface area (Å²) in [7, 11) is 0. The predicted molar refractivity (Wildman–Crippen MR) is 102 cm³/mol. The molecule has 5 N–H and O–H groups in total. The van der Waals surface area contributed by atoms with Crippen LogP contribution in [0.15, 0.2) is 41.1 Å². The summed E-state index contributed by atoms with van der Waals surface area (Å²) in [5, 5.41) is 12.6. The number of nitrogens with two attached hydrogens (primary N) is 1. The van der Waals surface area contributed by atoms with E-state index in [1.807, 2.05) is 0 Å². The molecule has 0 saturated heterocycles. The Kier molecular flexibility index (Phi) is 5.00. The van der Waals surface area contributed by atoms with E-state index in [0.717, 1.165) is 0 Å². The number of benzene rings is 1. The highest BCUT2D eigenvalue weighted by Crippen LogP contribution is 2.30. The second-order valence-corrected chi connectivity index (χ2v) is 7.41. The molecule has 1 aliphatic heterocycles. The smallest absolute Gasteiger partial charge is 0.255 e. The maximum absolute atomic E-state index is 12.4. The van der Waals surface area contributed by atoms with Crippen LogP contribution >= 0.6 is 0 Å². The van der Waals surface area contributed by atoms with Crippen molar-refractivity contribution >= 4 is 28.6 Å². The van der Waals surface area contributed by atoms with E-state index in [1.54, 1.807) is 32.0 Å². The number of nitrogens with one attached hydrogen (secondary N) is 2. The zero-order valence-electron chi connectivity index (χ0n) is 14.7. The molecule has 1 unspecified atom stereocenters. The van der Waals surface area contributed by atoms with Gasteiger partial charge >= 0.3 is 0 Å². The van der Waals surface area contributed by atoms with Crippen molar-refractivity contribution in [3.05, 3.63) is 47.8 Å². The van der Waals surface area contributed by atoms with E-state index in [2.05, 4.69) is 19.4 Å². The number of carbonyl (C=O) groups is 1. The van der Waals surface area contributed by atoms with Gasteiger partial charge in [-0.3, -0.25) is 14.5 Å². The number of amidine groups is 1. The average Bonchev–Trinajstić information content (AvgIpc) is 2.59. The van der Waals surface area contributed by atoms with Crippen molar-refractivity contribution in [1.82, 2.24) is 10.3 Å². The molecule has 1 aliphatic rings. The standard InChI is InChI=1S/C17H19N5O4S/c1-17(2,20-16(24)10-6-7-19-8-12(10)23)9-26-13-5-3-4-11-14(13)15(18)22-27(25)21-11/h3-8,21,23H,9H2,1-2H3,(H2,18,22)(H,20,24). The number of anilines is 1. The number of pyridine rings is 1. The van der Waals surface area contributed by atoms with Crippen LogP contribution in [0.4, 0.5) is 5.69 Å². The number of carbonyl (C=O) groups excluding carboxylic acids is 1. The number of hydrogen-bond acceptors (Lipinski definition) is 6. The number of amides is 1. The molecule has 0 aliphatic carbocycles. The number of hydrogen-bond donors (Lipinski definition) is 4. The Bertz CT molecular complexity index is 945. The van der Waals surface area contributed by atoms with Crippen LogP contribution in [0.1, 0.15) is 29.8 Å². The van der Waals surface area contributed by atoms with E-state index < -0.39 is 22.6 Å². The Morgan fingerprint density at radius 3 is 2.93 bits per heavy atom. The average molecular weight is 389 g/mol. The lowest BCUT2D eigenvalue weighted by atomic mass is 10.1. The topological polar surface area (TPSA) is 139 Å². The third-order valence-electron chi connectivity index (χ3n) is 3.75. The van der Waals surface area contributed by atoms with Gasteiger partial charge in [-0.25, -0.2) is 4.21 Å². The summed E-state index contributed by atoms with van der Waals surface area (Å²) >= 11 is -1.62. The fourth-order valence-electron chi connectivity index (χ4n) is 2.50. The van der Waals surface area contributed by atoms with Gasteiger partial charge in [-0.1, -0.05) is 6.07 Å². The molecule has 0 radical (unpaired) electrons. The summed E-state index contributed by atoms with van der Waals surface area (Å²) in [5.74, 6) is -0.0862. The van der Waals surface area contributed by atoms with Crippen LogP contribution < -0.4 is 20.5 Å². The predicted octanol–water partition coefficient (Wildman–Crippen LogP) is 1.08. The van der Waals surface area contributed by atoms with Crippen LogP contribution in [0.25, 0.3) is 0 Å². The van der Waals surface area contributed by atoms with Crippen LogP contribution in [0.5, 0.6) is 11.5 Å². The SMILES string of the molecule is CC(C)(COc1cccc2c1C(N)=NS(=O)N2)NC(=O)c1ccncc1O. The van der Waals surface area contributed by atoms with Crippen LogP contribution in [0, 0.1) is 0 Å². The number of aromatic hydroxyl groups is 1. The Morgan fingerprint density at radius 2 is 2.19 bits per heavy atom. The minimum atomic E-state index is -1.62. The zero-order valence-corrected chi connectivity index (χ0v) is 15.5. The lowest BCUT2D eigenvalue weighted by molar-refractivity contribution is 0.0878. The summed E-state index contributed by atoms with van der Waals surface area (Å²) < 4.78 is 23.9. The van der Waals surface area contributed by atoms with Gasteiger partial charge in [-0.2, -0.15) is 4.40 Å². The first-order valence-electron chi connectivity index (χ1n) is 8.01. The first-order chi connectivity index (χ1) is 12.8. The van der Waals surface area contributed by atoms with Crippen molar-refractivity contribution in [2.45, 2.75) is 19.4 Å². The molecule has 1 atom stereocenters. The molecule has 0 fully saturated rings. The summed E-state index contributed by atoms with van der Waals surface area (Å²) in [5.41, 5.74) is 6.33. The van der Waals surface area contributed by atoms with Crippen molar-refractivity contribution in [3.63, 3.8) is 0 Å². The monoisotopic (exact) mass is 389 g/mol. The molecular formula is C17H19N5O4S. The maximum atomic E-state index is 12.4. The van der Waals surface area contributed by atoms with E-state index in [4.69, 9.17) is 10.5 Å². The number of rotatable bonds is 5. The van der Waals surface area contributed by atoms with Gasteiger partial charge in [0.25, 0.3) is 5.91 Å². The number of fused-ring (bicyclic) bond motifs is 1. The van der Waals surface area contributed by atoms with E-state index in [-0.39, 0.29) is 23.8 Å². The molecule has 1 aromatic heterocycles. The van der Waals surface area contributed by atoms with Gasteiger partial charge in [0.15, 0.2) is 0 Å². The van der Waals surface area contributed by atoms with Crippen molar-refractivity contribution in [1.29, 1.82) is 0 Å². The second-order valence-electron chi connectivity index (χ2n) is 6.53. The molecule has 142 valence electrons. The fraction of sp³-hybridized carbons (Fsp3) is 0.235. The Hall–Kier alpha value is -3.14.